The Kier molecular flexibility index (Phi) is 6.27. The van der Waals surface area contributed by atoms with Gasteiger partial charge < -0.3 is 15.2 Å². The van der Waals surface area contributed by atoms with E-state index in [0.29, 0.717) is 13.2 Å². The molecule has 0 unspecified atom stereocenters. The zero-order valence-corrected chi connectivity index (χ0v) is 15.2. The molecule has 1 atom stereocenters. The number of rotatable bonds is 6. The molecule has 1 amide bonds. The van der Waals surface area contributed by atoms with E-state index in [1.807, 2.05) is 30.3 Å². The normalized spacial score (nSPS) is 21.7. The van der Waals surface area contributed by atoms with Gasteiger partial charge in [-0.1, -0.05) is 49.6 Å². The van der Waals surface area contributed by atoms with Gasteiger partial charge in [0.05, 0.1) is 25.7 Å². The third kappa shape index (κ3) is 4.24. The van der Waals surface area contributed by atoms with Gasteiger partial charge in [-0.3, -0.25) is 14.5 Å². The topological polar surface area (TPSA) is 78.9 Å². The number of hydrogen-bond acceptors (Lipinski definition) is 4. The maximum absolute atomic E-state index is 13.4. The predicted molar refractivity (Wildman–Crippen MR) is 97.8 cm³/mol. The summed E-state index contributed by atoms with van der Waals surface area (Å²) in [5.41, 5.74) is 0.296. The lowest BCUT2D eigenvalue weighted by atomic mass is 9.78. The van der Waals surface area contributed by atoms with E-state index in [4.69, 9.17) is 4.74 Å². The molecule has 2 fully saturated rings. The number of nitrogens with zero attached hydrogens (tertiary/aromatic N) is 1. The molecule has 1 saturated heterocycles. The Morgan fingerprint density at radius 3 is 2.38 bits per heavy atom. The Hall–Kier alpha value is -1.92. The van der Waals surface area contributed by atoms with Gasteiger partial charge in [0.25, 0.3) is 0 Å². The second-order valence-electron chi connectivity index (χ2n) is 7.23. The van der Waals surface area contributed by atoms with Crippen LogP contribution in [0, 0.1) is 0 Å². The number of carbonyl (C=O) groups is 2. The highest BCUT2D eigenvalue weighted by Crippen LogP contribution is 2.35. The second-order valence-corrected chi connectivity index (χ2v) is 7.23. The van der Waals surface area contributed by atoms with E-state index in [1.165, 1.54) is 0 Å². The number of nitrogens with one attached hydrogen (secondary N) is 1. The van der Waals surface area contributed by atoms with Crippen molar-refractivity contribution >= 4 is 11.9 Å². The first-order chi connectivity index (χ1) is 12.6. The smallest absolute Gasteiger partial charge is 0.305 e. The molecule has 2 aliphatic rings. The van der Waals surface area contributed by atoms with Gasteiger partial charge in [0, 0.05) is 13.1 Å². The van der Waals surface area contributed by atoms with Gasteiger partial charge in [-0.25, -0.2) is 0 Å². The van der Waals surface area contributed by atoms with Gasteiger partial charge in [-0.2, -0.15) is 0 Å². The number of morpholine rings is 1. The first kappa shape index (κ1) is 18.9. The molecular weight excluding hydrogens is 332 g/mol. The zero-order valence-electron chi connectivity index (χ0n) is 15.2. The van der Waals surface area contributed by atoms with Gasteiger partial charge >= 0.3 is 5.97 Å². The van der Waals surface area contributed by atoms with Gasteiger partial charge in [0.15, 0.2) is 0 Å². The van der Waals surface area contributed by atoms with Crippen molar-refractivity contribution < 1.29 is 19.4 Å². The maximum Gasteiger partial charge on any atom is 0.305 e. The van der Waals surface area contributed by atoms with Crippen LogP contribution in [0.25, 0.3) is 0 Å². The number of aliphatic carboxylic acids is 1. The molecule has 0 spiro atoms. The van der Waals surface area contributed by atoms with Crippen molar-refractivity contribution in [2.45, 2.75) is 50.1 Å². The van der Waals surface area contributed by atoms with E-state index in [1.54, 1.807) is 0 Å². The summed E-state index contributed by atoms with van der Waals surface area (Å²) in [7, 11) is 0. The fourth-order valence-electron chi connectivity index (χ4n) is 4.22. The third-order valence-electron chi connectivity index (χ3n) is 5.61. The van der Waals surface area contributed by atoms with Crippen LogP contribution in [0.5, 0.6) is 0 Å². The van der Waals surface area contributed by atoms with Crippen LogP contribution in [0.3, 0.4) is 0 Å². The minimum Gasteiger partial charge on any atom is -0.481 e. The summed E-state index contributed by atoms with van der Waals surface area (Å²) in [5, 5.41) is 12.4. The molecule has 3 rings (SSSR count). The monoisotopic (exact) mass is 360 g/mol. The van der Waals surface area contributed by atoms with Gasteiger partial charge in [-0.15, -0.1) is 0 Å². The van der Waals surface area contributed by atoms with Gasteiger partial charge in [0.2, 0.25) is 5.91 Å². The Morgan fingerprint density at radius 2 is 1.77 bits per heavy atom. The highest BCUT2D eigenvalue weighted by Gasteiger charge is 2.45. The average Bonchev–Trinajstić information content (AvgIpc) is 2.69. The molecule has 1 heterocycles. The van der Waals surface area contributed by atoms with Gasteiger partial charge in [-0.05, 0) is 18.4 Å². The summed E-state index contributed by atoms with van der Waals surface area (Å²) in [6, 6.07) is 8.86. The lowest BCUT2D eigenvalue weighted by Gasteiger charge is -2.47. The molecule has 1 aromatic rings. The standard InChI is InChI=1S/C20H28N2O4/c23-18(24)15-17(16-7-3-1-4-8-16)21-19(25)20(9-5-2-6-10-20)22-11-13-26-14-12-22/h1,3-4,7-8,17H,2,5-6,9-15H2,(H,21,25)(H,23,24)/t17-/m1/s1. The fourth-order valence-corrected chi connectivity index (χ4v) is 4.22. The Bertz CT molecular complexity index is 607. The molecule has 142 valence electrons. The van der Waals surface area contributed by atoms with E-state index >= 15 is 0 Å². The molecule has 1 aromatic carbocycles. The molecule has 6 heteroatoms. The summed E-state index contributed by atoms with van der Waals surface area (Å²) in [5.74, 6) is -0.947. The van der Waals surface area contributed by atoms with Crippen molar-refractivity contribution in [1.29, 1.82) is 0 Å². The van der Waals surface area contributed by atoms with Crippen LogP contribution in [0.4, 0.5) is 0 Å². The Labute approximate surface area is 154 Å². The molecule has 0 aromatic heterocycles. The number of benzene rings is 1. The van der Waals surface area contributed by atoms with E-state index in [0.717, 1.165) is 50.8 Å². The molecule has 0 radical (unpaired) electrons. The van der Waals surface area contributed by atoms with Crippen LogP contribution in [0.1, 0.15) is 50.1 Å². The van der Waals surface area contributed by atoms with Crippen molar-refractivity contribution in [3.8, 4) is 0 Å². The molecule has 2 N–H and O–H groups in total. The number of hydrogen-bond donors (Lipinski definition) is 2. The number of carbonyl (C=O) groups excluding carboxylic acids is 1. The van der Waals surface area contributed by atoms with Gasteiger partial charge in [0.1, 0.15) is 5.54 Å². The Morgan fingerprint density at radius 1 is 1.12 bits per heavy atom. The largest absolute Gasteiger partial charge is 0.481 e. The summed E-state index contributed by atoms with van der Waals surface area (Å²) < 4.78 is 5.47. The quantitative estimate of drug-likeness (QED) is 0.814. The predicted octanol–water partition coefficient (Wildman–Crippen LogP) is 2.35. The van der Waals surface area contributed by atoms with Crippen molar-refractivity contribution in [3.05, 3.63) is 35.9 Å². The van der Waals surface area contributed by atoms with Crippen molar-refractivity contribution in [2.24, 2.45) is 0 Å². The van der Waals surface area contributed by atoms with Crippen LogP contribution in [0.15, 0.2) is 30.3 Å². The number of amides is 1. The van der Waals surface area contributed by atoms with Crippen molar-refractivity contribution in [3.63, 3.8) is 0 Å². The minimum atomic E-state index is -0.914. The van der Waals surface area contributed by atoms with Crippen molar-refractivity contribution in [1.82, 2.24) is 10.2 Å². The maximum atomic E-state index is 13.4. The van der Waals surface area contributed by atoms with E-state index in [2.05, 4.69) is 10.2 Å². The highest BCUT2D eigenvalue weighted by molar-refractivity contribution is 5.87. The van der Waals surface area contributed by atoms with Crippen LogP contribution in [-0.2, 0) is 14.3 Å². The summed E-state index contributed by atoms with van der Waals surface area (Å²) in [6.45, 7) is 2.79. The van der Waals surface area contributed by atoms with E-state index in [9.17, 15) is 14.7 Å². The van der Waals surface area contributed by atoms with E-state index < -0.39 is 17.6 Å². The molecule has 6 nitrogen and oxygen atoms in total. The van der Waals surface area contributed by atoms with Crippen LogP contribution < -0.4 is 5.32 Å². The number of ether oxygens (including phenoxy) is 1. The molecule has 26 heavy (non-hydrogen) atoms. The van der Waals surface area contributed by atoms with Crippen LogP contribution >= 0.6 is 0 Å². The summed E-state index contributed by atoms with van der Waals surface area (Å²) in [4.78, 5) is 27.0. The fraction of sp³-hybridized carbons (Fsp3) is 0.600. The number of carboxylic acids is 1. The zero-order chi connectivity index (χ0) is 18.4. The SMILES string of the molecule is O=C(O)C[C@@H](NC(=O)C1(N2CCOCC2)CCCCC1)c1ccccc1. The summed E-state index contributed by atoms with van der Waals surface area (Å²) in [6.07, 6.45) is 4.74. The molecule has 1 saturated carbocycles. The van der Waals surface area contributed by atoms with Crippen LogP contribution in [-0.4, -0.2) is 53.7 Å². The van der Waals surface area contributed by atoms with Crippen LogP contribution in [0.2, 0.25) is 0 Å². The van der Waals surface area contributed by atoms with E-state index in [-0.39, 0.29) is 12.3 Å². The lowest BCUT2D eigenvalue weighted by molar-refractivity contribution is -0.142. The molecular formula is C20H28N2O4. The number of carboxylic acid groups (broad SMARTS) is 1. The first-order valence-corrected chi connectivity index (χ1v) is 9.52. The molecule has 1 aliphatic heterocycles. The first-order valence-electron chi connectivity index (χ1n) is 9.52. The minimum absolute atomic E-state index is 0.0331. The molecule has 0 bridgehead atoms. The highest BCUT2D eigenvalue weighted by atomic mass is 16.5. The average molecular weight is 360 g/mol. The third-order valence-corrected chi connectivity index (χ3v) is 5.61. The summed E-state index contributed by atoms with van der Waals surface area (Å²) >= 11 is 0. The molecule has 1 aliphatic carbocycles. The second kappa shape index (κ2) is 8.64. The Balaban J connectivity index is 1.81. The lowest BCUT2D eigenvalue weighted by Crippen LogP contribution is -2.62. The van der Waals surface area contributed by atoms with Crippen molar-refractivity contribution in [2.75, 3.05) is 26.3 Å².